The number of aliphatic carboxylic acids is 2. The van der Waals surface area contributed by atoms with E-state index in [1.54, 1.807) is 13.8 Å². The minimum atomic E-state index is -1.82. The second-order valence-electron chi connectivity index (χ2n) is 4.72. The van der Waals surface area contributed by atoms with Gasteiger partial charge in [0.1, 0.15) is 5.78 Å². The number of carboxylic acid groups (broad SMARTS) is 2. The Balaban J connectivity index is 3.38. The Morgan fingerprint density at radius 2 is 1.65 bits per heavy atom. The van der Waals surface area contributed by atoms with Gasteiger partial charge in [0.05, 0.1) is 0 Å². The molecule has 1 aliphatic rings. The lowest BCUT2D eigenvalue weighted by molar-refractivity contribution is -0.182. The summed E-state index contributed by atoms with van der Waals surface area (Å²) in [5, 5.41) is 18.7. The molecule has 0 atom stereocenters. The molecule has 0 spiro atoms. The molecule has 1 aliphatic carbocycles. The summed E-state index contributed by atoms with van der Waals surface area (Å²) >= 11 is 0. The molecule has 0 bridgehead atoms. The molecule has 5 nitrogen and oxygen atoms in total. The highest BCUT2D eigenvalue weighted by atomic mass is 16.4. The van der Waals surface area contributed by atoms with Crippen molar-refractivity contribution in [3.8, 4) is 0 Å². The molecule has 96 valence electrons. The van der Waals surface area contributed by atoms with E-state index in [1.807, 2.05) is 0 Å². The molecule has 0 amide bonds. The number of carboxylic acids is 2. The van der Waals surface area contributed by atoms with E-state index in [1.165, 1.54) is 0 Å². The van der Waals surface area contributed by atoms with Crippen LogP contribution < -0.4 is 0 Å². The van der Waals surface area contributed by atoms with E-state index in [0.29, 0.717) is 12.8 Å². The monoisotopic (exact) mass is 242 g/mol. The van der Waals surface area contributed by atoms with Gasteiger partial charge in [0.2, 0.25) is 0 Å². The summed E-state index contributed by atoms with van der Waals surface area (Å²) in [6.07, 6.45) is 0.763. The van der Waals surface area contributed by atoms with Gasteiger partial charge in [0.25, 0.3) is 0 Å². The summed E-state index contributed by atoms with van der Waals surface area (Å²) in [7, 11) is 0. The number of rotatable bonds is 4. The molecule has 0 aromatic rings. The van der Waals surface area contributed by atoms with Gasteiger partial charge in [-0.2, -0.15) is 0 Å². The molecule has 0 aromatic carbocycles. The SMILES string of the molecule is CCC1(CC)CC(=O)CCC1(C(=O)O)C(=O)O. The number of hydrogen-bond acceptors (Lipinski definition) is 3. The van der Waals surface area contributed by atoms with Gasteiger partial charge >= 0.3 is 11.9 Å². The van der Waals surface area contributed by atoms with Crippen LogP contribution in [0.5, 0.6) is 0 Å². The quantitative estimate of drug-likeness (QED) is 0.732. The highest BCUT2D eigenvalue weighted by Gasteiger charge is 2.62. The molecule has 17 heavy (non-hydrogen) atoms. The number of carbonyl (C=O) groups is 3. The molecule has 0 radical (unpaired) electrons. The van der Waals surface area contributed by atoms with Crippen molar-refractivity contribution in [2.24, 2.45) is 10.8 Å². The van der Waals surface area contributed by atoms with Gasteiger partial charge in [0.15, 0.2) is 5.41 Å². The van der Waals surface area contributed by atoms with Gasteiger partial charge < -0.3 is 10.2 Å². The van der Waals surface area contributed by atoms with E-state index in [-0.39, 0.29) is 25.0 Å². The van der Waals surface area contributed by atoms with Crippen molar-refractivity contribution in [3.05, 3.63) is 0 Å². The third kappa shape index (κ3) is 1.73. The van der Waals surface area contributed by atoms with E-state index in [0.717, 1.165) is 0 Å². The molecular formula is C12H18O5. The van der Waals surface area contributed by atoms with Crippen LogP contribution in [0.4, 0.5) is 0 Å². The van der Waals surface area contributed by atoms with E-state index in [2.05, 4.69) is 0 Å². The lowest BCUT2D eigenvalue weighted by Gasteiger charge is -2.47. The van der Waals surface area contributed by atoms with Gasteiger partial charge in [0, 0.05) is 18.3 Å². The first-order valence-electron chi connectivity index (χ1n) is 5.85. The molecular weight excluding hydrogens is 224 g/mol. The Bertz CT molecular complexity index is 340. The highest BCUT2D eigenvalue weighted by molar-refractivity contribution is 6.01. The third-order valence-electron chi connectivity index (χ3n) is 4.30. The standard InChI is InChI=1S/C12H18O5/c1-3-11(4-2)7-8(13)5-6-12(11,9(14)15)10(16)17/h3-7H2,1-2H3,(H,14,15)(H,16,17). The van der Waals surface area contributed by atoms with E-state index in [9.17, 15) is 24.6 Å². The average molecular weight is 242 g/mol. The van der Waals surface area contributed by atoms with E-state index < -0.39 is 22.8 Å². The van der Waals surface area contributed by atoms with Gasteiger partial charge in [-0.25, -0.2) is 0 Å². The average Bonchev–Trinajstić information content (AvgIpc) is 2.27. The normalized spacial score (nSPS) is 22.1. The molecule has 1 fully saturated rings. The predicted octanol–water partition coefficient (Wildman–Crippen LogP) is 1.70. The van der Waals surface area contributed by atoms with Crippen molar-refractivity contribution < 1.29 is 24.6 Å². The largest absolute Gasteiger partial charge is 0.480 e. The van der Waals surface area contributed by atoms with Crippen LogP contribution in [-0.4, -0.2) is 27.9 Å². The first-order valence-corrected chi connectivity index (χ1v) is 5.85. The lowest BCUT2D eigenvalue weighted by Crippen LogP contribution is -2.56. The Kier molecular flexibility index (Phi) is 3.59. The van der Waals surface area contributed by atoms with Gasteiger partial charge in [-0.15, -0.1) is 0 Å². The third-order valence-corrected chi connectivity index (χ3v) is 4.30. The lowest BCUT2D eigenvalue weighted by atomic mass is 9.53. The zero-order chi connectivity index (χ0) is 13.3. The Morgan fingerprint density at radius 3 is 2.00 bits per heavy atom. The van der Waals surface area contributed by atoms with Crippen LogP contribution in [0.3, 0.4) is 0 Å². The Morgan fingerprint density at radius 1 is 1.18 bits per heavy atom. The van der Waals surface area contributed by atoms with E-state index in [4.69, 9.17) is 0 Å². The molecule has 0 saturated heterocycles. The molecule has 1 rings (SSSR count). The summed E-state index contributed by atoms with van der Waals surface area (Å²) in [5.41, 5.74) is -2.77. The fraction of sp³-hybridized carbons (Fsp3) is 0.750. The molecule has 0 aliphatic heterocycles. The van der Waals surface area contributed by atoms with Crippen LogP contribution >= 0.6 is 0 Å². The fourth-order valence-corrected chi connectivity index (χ4v) is 3.07. The molecule has 1 saturated carbocycles. The summed E-state index contributed by atoms with van der Waals surface area (Å²) in [6, 6.07) is 0. The van der Waals surface area contributed by atoms with Gasteiger partial charge in [-0.3, -0.25) is 14.4 Å². The second-order valence-corrected chi connectivity index (χ2v) is 4.72. The summed E-state index contributed by atoms with van der Waals surface area (Å²) in [4.78, 5) is 34.5. The van der Waals surface area contributed by atoms with Crippen molar-refractivity contribution in [1.82, 2.24) is 0 Å². The van der Waals surface area contributed by atoms with Gasteiger partial charge in [-0.1, -0.05) is 13.8 Å². The van der Waals surface area contributed by atoms with Crippen molar-refractivity contribution in [3.63, 3.8) is 0 Å². The fourth-order valence-electron chi connectivity index (χ4n) is 3.07. The number of carbonyl (C=O) groups excluding carboxylic acids is 1. The topological polar surface area (TPSA) is 91.7 Å². The van der Waals surface area contributed by atoms with Crippen LogP contribution in [-0.2, 0) is 14.4 Å². The molecule has 2 N–H and O–H groups in total. The predicted molar refractivity (Wildman–Crippen MR) is 59.6 cm³/mol. The van der Waals surface area contributed by atoms with E-state index >= 15 is 0 Å². The minimum Gasteiger partial charge on any atom is -0.480 e. The first-order chi connectivity index (χ1) is 7.86. The maximum absolute atomic E-state index is 11.5. The maximum Gasteiger partial charge on any atom is 0.321 e. The van der Waals surface area contributed by atoms with Crippen LogP contribution in [0, 0.1) is 10.8 Å². The highest BCUT2D eigenvalue weighted by Crippen LogP contribution is 2.54. The zero-order valence-electron chi connectivity index (χ0n) is 10.2. The Labute approximate surface area is 99.8 Å². The van der Waals surface area contributed by atoms with Crippen LogP contribution in [0.1, 0.15) is 46.0 Å². The number of hydrogen-bond donors (Lipinski definition) is 2. The minimum absolute atomic E-state index is 0.0353. The Hall–Kier alpha value is -1.39. The smallest absolute Gasteiger partial charge is 0.321 e. The number of Topliss-reactive ketones (excluding diaryl/α,β-unsaturated/α-hetero) is 1. The summed E-state index contributed by atoms with van der Waals surface area (Å²) in [6.45, 7) is 3.51. The van der Waals surface area contributed by atoms with Crippen molar-refractivity contribution >= 4 is 17.7 Å². The van der Waals surface area contributed by atoms with Crippen LogP contribution in [0.15, 0.2) is 0 Å². The van der Waals surface area contributed by atoms with Gasteiger partial charge in [-0.05, 0) is 19.3 Å². The second kappa shape index (κ2) is 4.47. The molecule has 0 unspecified atom stereocenters. The summed E-state index contributed by atoms with van der Waals surface area (Å²) < 4.78 is 0. The molecule has 0 heterocycles. The molecule has 0 aromatic heterocycles. The first kappa shape index (κ1) is 13.7. The number of ketones is 1. The van der Waals surface area contributed by atoms with Crippen LogP contribution in [0.25, 0.3) is 0 Å². The molecule has 5 heteroatoms. The van der Waals surface area contributed by atoms with Crippen molar-refractivity contribution in [2.45, 2.75) is 46.0 Å². The summed E-state index contributed by atoms with van der Waals surface area (Å²) in [5.74, 6) is -2.67. The van der Waals surface area contributed by atoms with Crippen molar-refractivity contribution in [1.29, 1.82) is 0 Å². The zero-order valence-corrected chi connectivity index (χ0v) is 10.2. The van der Waals surface area contributed by atoms with Crippen LogP contribution in [0.2, 0.25) is 0 Å². The maximum atomic E-state index is 11.5. The van der Waals surface area contributed by atoms with Crippen molar-refractivity contribution in [2.75, 3.05) is 0 Å².